The van der Waals surface area contributed by atoms with E-state index in [4.69, 9.17) is 10.1 Å². The Balaban J connectivity index is 2.00. The monoisotopic (exact) mass is 288 g/mol. The number of ketones is 1. The molecule has 0 aliphatic carbocycles. The van der Waals surface area contributed by atoms with Crippen molar-refractivity contribution in [1.82, 2.24) is 4.90 Å². The summed E-state index contributed by atoms with van der Waals surface area (Å²) in [6, 6.07) is 8.89. The van der Waals surface area contributed by atoms with Gasteiger partial charge in [-0.1, -0.05) is 43.2 Å². The van der Waals surface area contributed by atoms with Crippen molar-refractivity contribution in [2.45, 2.75) is 38.3 Å². The third-order valence-electron chi connectivity index (χ3n) is 3.66. The van der Waals surface area contributed by atoms with Gasteiger partial charge in [-0.05, 0) is 18.4 Å². The van der Waals surface area contributed by atoms with Crippen molar-refractivity contribution in [1.29, 1.82) is 5.41 Å². The van der Waals surface area contributed by atoms with Crippen molar-refractivity contribution in [3.05, 3.63) is 35.9 Å². The molecule has 0 saturated carbocycles. The molecule has 1 fully saturated rings. The van der Waals surface area contributed by atoms with Crippen LogP contribution in [0.4, 0.5) is 4.79 Å². The number of rotatable bonds is 4. The lowest BCUT2D eigenvalue weighted by Gasteiger charge is -2.27. The summed E-state index contributed by atoms with van der Waals surface area (Å²) < 4.78 is 5.31. The Kier molecular flexibility index (Phi) is 5.49. The maximum absolute atomic E-state index is 12.2. The topological polar surface area (TPSA) is 70.5 Å². The second-order valence-electron chi connectivity index (χ2n) is 5.15. The molecular weight excluding hydrogens is 268 g/mol. The molecule has 21 heavy (non-hydrogen) atoms. The number of Topliss-reactive ketones (excluding diaryl/α,β-unsaturated/α-hetero) is 1. The number of ether oxygens (including phenoxy) is 1. The van der Waals surface area contributed by atoms with E-state index in [9.17, 15) is 9.59 Å². The highest BCUT2D eigenvalue weighted by Crippen LogP contribution is 2.18. The largest absolute Gasteiger partial charge is 0.445 e. The van der Waals surface area contributed by atoms with Crippen LogP contribution < -0.4 is 0 Å². The molecule has 5 nitrogen and oxygen atoms in total. The van der Waals surface area contributed by atoms with Gasteiger partial charge in [-0.25, -0.2) is 4.79 Å². The zero-order valence-electron chi connectivity index (χ0n) is 12.0. The van der Waals surface area contributed by atoms with Gasteiger partial charge in [0.15, 0.2) is 5.78 Å². The number of nitrogens with zero attached hydrogens (tertiary/aromatic N) is 1. The van der Waals surface area contributed by atoms with Crippen molar-refractivity contribution in [2.24, 2.45) is 0 Å². The van der Waals surface area contributed by atoms with Crippen LogP contribution in [0.3, 0.4) is 0 Å². The van der Waals surface area contributed by atoms with E-state index in [1.807, 2.05) is 30.3 Å². The lowest BCUT2D eigenvalue weighted by atomic mass is 10.1. The zero-order chi connectivity index (χ0) is 15.1. The lowest BCUT2D eigenvalue weighted by Crippen LogP contribution is -2.45. The van der Waals surface area contributed by atoms with E-state index in [0.717, 1.165) is 31.0 Å². The molecule has 2 rings (SSSR count). The first-order valence-corrected chi connectivity index (χ1v) is 7.24. The van der Waals surface area contributed by atoms with Gasteiger partial charge >= 0.3 is 6.09 Å². The third kappa shape index (κ3) is 4.15. The van der Waals surface area contributed by atoms with E-state index in [0.29, 0.717) is 13.0 Å². The van der Waals surface area contributed by atoms with E-state index >= 15 is 0 Å². The van der Waals surface area contributed by atoms with Crippen molar-refractivity contribution in [3.8, 4) is 0 Å². The van der Waals surface area contributed by atoms with Gasteiger partial charge in [0.05, 0.1) is 12.3 Å². The maximum Gasteiger partial charge on any atom is 0.410 e. The van der Waals surface area contributed by atoms with E-state index < -0.39 is 12.1 Å². The number of hydrogen-bond acceptors (Lipinski definition) is 4. The van der Waals surface area contributed by atoms with E-state index in [1.54, 1.807) is 0 Å². The quantitative estimate of drug-likeness (QED) is 0.866. The summed E-state index contributed by atoms with van der Waals surface area (Å²) in [5, 5.41) is 7.13. The SMILES string of the molecule is N=CC(=O)C1CCCCCN1C(=O)OCc1ccccc1. The number of carbonyl (C=O) groups is 2. The minimum absolute atomic E-state index is 0.196. The second kappa shape index (κ2) is 7.57. The number of benzene rings is 1. The molecule has 1 amide bonds. The van der Waals surface area contributed by atoms with Crippen molar-refractivity contribution in [3.63, 3.8) is 0 Å². The molecule has 1 aromatic carbocycles. The smallest absolute Gasteiger partial charge is 0.410 e. The molecule has 1 atom stereocenters. The molecule has 0 radical (unpaired) electrons. The lowest BCUT2D eigenvalue weighted by molar-refractivity contribution is -0.117. The normalized spacial score (nSPS) is 18.7. The summed E-state index contributed by atoms with van der Waals surface area (Å²) in [7, 11) is 0. The molecule has 0 bridgehead atoms. The van der Waals surface area contributed by atoms with Crippen LogP contribution in [0, 0.1) is 5.41 Å². The highest BCUT2D eigenvalue weighted by molar-refractivity contribution is 6.29. The summed E-state index contributed by atoms with van der Waals surface area (Å²) >= 11 is 0. The molecule has 112 valence electrons. The Labute approximate surface area is 124 Å². The molecule has 1 aliphatic heterocycles. The molecule has 1 N–H and O–H groups in total. The van der Waals surface area contributed by atoms with Crippen LogP contribution in [-0.4, -0.2) is 35.6 Å². The van der Waals surface area contributed by atoms with Crippen LogP contribution >= 0.6 is 0 Å². The van der Waals surface area contributed by atoms with E-state index in [-0.39, 0.29) is 12.4 Å². The minimum atomic E-state index is -0.548. The fourth-order valence-electron chi connectivity index (χ4n) is 2.52. The molecule has 1 heterocycles. The van der Waals surface area contributed by atoms with Crippen molar-refractivity contribution < 1.29 is 14.3 Å². The Morgan fingerprint density at radius 3 is 2.71 bits per heavy atom. The standard InChI is InChI=1S/C16H20N2O3/c17-11-15(19)14-9-5-2-6-10-18(14)16(20)21-12-13-7-3-1-4-8-13/h1,3-4,7-8,11,14,17H,2,5-6,9-10,12H2. The van der Waals surface area contributed by atoms with Gasteiger partial charge in [-0.15, -0.1) is 0 Å². The van der Waals surface area contributed by atoms with Crippen LogP contribution in [0.1, 0.15) is 31.2 Å². The first-order valence-electron chi connectivity index (χ1n) is 7.24. The Bertz CT molecular complexity index is 502. The fraction of sp³-hybridized carbons (Fsp3) is 0.438. The molecule has 1 aliphatic rings. The highest BCUT2D eigenvalue weighted by Gasteiger charge is 2.30. The molecule has 1 unspecified atom stereocenters. The highest BCUT2D eigenvalue weighted by atomic mass is 16.6. The Morgan fingerprint density at radius 2 is 2.00 bits per heavy atom. The number of amides is 1. The first-order chi connectivity index (χ1) is 10.2. The Hall–Kier alpha value is -2.17. The van der Waals surface area contributed by atoms with Gasteiger partial charge < -0.3 is 10.1 Å². The van der Waals surface area contributed by atoms with Gasteiger partial charge in [0.25, 0.3) is 0 Å². The molecule has 1 aromatic rings. The van der Waals surface area contributed by atoms with Crippen LogP contribution in [-0.2, 0) is 16.1 Å². The summed E-state index contributed by atoms with van der Waals surface area (Å²) in [5.41, 5.74) is 0.913. The third-order valence-corrected chi connectivity index (χ3v) is 3.66. The average Bonchev–Trinajstić information content (AvgIpc) is 2.78. The predicted molar refractivity (Wildman–Crippen MR) is 79.4 cm³/mol. The summed E-state index contributed by atoms with van der Waals surface area (Å²) in [4.78, 5) is 25.5. The number of nitrogens with one attached hydrogen (secondary N) is 1. The van der Waals surface area contributed by atoms with Gasteiger partial charge in [0.1, 0.15) is 6.61 Å². The maximum atomic E-state index is 12.2. The number of carbonyl (C=O) groups excluding carboxylic acids is 2. The first kappa shape index (κ1) is 15.2. The van der Waals surface area contributed by atoms with Crippen LogP contribution in [0.5, 0.6) is 0 Å². The molecule has 0 aromatic heterocycles. The van der Waals surface area contributed by atoms with Gasteiger partial charge in [0, 0.05) is 6.54 Å². The van der Waals surface area contributed by atoms with Crippen LogP contribution in [0.25, 0.3) is 0 Å². The summed E-state index contributed by atoms with van der Waals surface area (Å²) in [6.07, 6.45) is 3.68. The zero-order valence-corrected chi connectivity index (χ0v) is 12.0. The Morgan fingerprint density at radius 1 is 1.24 bits per heavy atom. The van der Waals surface area contributed by atoms with E-state index in [2.05, 4.69) is 0 Å². The second-order valence-corrected chi connectivity index (χ2v) is 5.15. The summed E-state index contributed by atoms with van der Waals surface area (Å²) in [5.74, 6) is -0.325. The van der Waals surface area contributed by atoms with Gasteiger partial charge in [0.2, 0.25) is 0 Å². The van der Waals surface area contributed by atoms with E-state index in [1.165, 1.54) is 4.90 Å². The minimum Gasteiger partial charge on any atom is -0.445 e. The predicted octanol–water partition coefficient (Wildman–Crippen LogP) is 2.79. The van der Waals surface area contributed by atoms with Gasteiger partial charge in [-0.2, -0.15) is 0 Å². The van der Waals surface area contributed by atoms with Crippen LogP contribution in [0.2, 0.25) is 0 Å². The van der Waals surface area contributed by atoms with Crippen LogP contribution in [0.15, 0.2) is 30.3 Å². The van der Waals surface area contributed by atoms with Crippen molar-refractivity contribution in [2.75, 3.05) is 6.54 Å². The molecular formula is C16H20N2O3. The summed E-state index contributed by atoms with van der Waals surface area (Å²) in [6.45, 7) is 0.708. The van der Waals surface area contributed by atoms with Gasteiger partial charge in [-0.3, -0.25) is 9.69 Å². The molecule has 0 spiro atoms. The molecule has 5 heteroatoms. The average molecular weight is 288 g/mol. The number of hydrogen-bond donors (Lipinski definition) is 1. The molecule has 1 saturated heterocycles. The van der Waals surface area contributed by atoms with Crippen molar-refractivity contribution >= 4 is 18.1 Å². The number of likely N-dealkylation sites (tertiary alicyclic amines) is 1. The fourth-order valence-corrected chi connectivity index (χ4v) is 2.52.